The largest absolute Gasteiger partial charge is 0.475 e. The maximum atomic E-state index is 13.2. The van der Waals surface area contributed by atoms with Crippen molar-refractivity contribution in [2.24, 2.45) is 0 Å². The Morgan fingerprint density at radius 3 is 2.52 bits per heavy atom. The third-order valence-corrected chi connectivity index (χ3v) is 5.17. The first kappa shape index (κ1) is 22.2. The Morgan fingerprint density at radius 1 is 1.00 bits per heavy atom. The number of ether oxygens (including phenoxy) is 2. The minimum atomic E-state index is -0.198. The Hall–Kier alpha value is -3.97. The second kappa shape index (κ2) is 10.6. The van der Waals surface area contributed by atoms with Crippen molar-refractivity contribution in [2.45, 2.75) is 13.5 Å². The molecule has 4 rings (SSSR count). The lowest BCUT2D eigenvalue weighted by Crippen LogP contribution is -2.23. The Labute approximate surface area is 193 Å². The summed E-state index contributed by atoms with van der Waals surface area (Å²) < 4.78 is 12.2. The van der Waals surface area contributed by atoms with Crippen molar-refractivity contribution in [2.75, 3.05) is 20.3 Å². The summed E-state index contributed by atoms with van der Waals surface area (Å²) in [6, 6.07) is 21.3. The van der Waals surface area contributed by atoms with Gasteiger partial charge in [0.15, 0.2) is 0 Å². The predicted octanol–water partition coefficient (Wildman–Crippen LogP) is 4.20. The van der Waals surface area contributed by atoms with Crippen LogP contribution in [0.25, 0.3) is 16.9 Å². The Morgan fingerprint density at radius 2 is 1.79 bits per heavy atom. The van der Waals surface area contributed by atoms with E-state index >= 15 is 0 Å². The Bertz CT molecular complexity index is 1200. The molecule has 4 aromatic rings. The van der Waals surface area contributed by atoms with E-state index in [1.807, 2.05) is 67.6 Å². The van der Waals surface area contributed by atoms with E-state index < -0.39 is 0 Å². The monoisotopic (exact) mass is 442 g/mol. The predicted molar refractivity (Wildman–Crippen MR) is 127 cm³/mol. The maximum Gasteiger partial charge on any atom is 0.255 e. The second-order valence-electron chi connectivity index (χ2n) is 7.52. The number of para-hydroxylation sites is 1. The topological polar surface area (TPSA) is 78.3 Å². The number of methoxy groups -OCH3 is 1. The highest BCUT2D eigenvalue weighted by molar-refractivity contribution is 6.00. The van der Waals surface area contributed by atoms with E-state index in [0.717, 1.165) is 22.4 Å². The third kappa shape index (κ3) is 5.45. The van der Waals surface area contributed by atoms with Crippen LogP contribution in [0.1, 0.15) is 21.5 Å². The van der Waals surface area contributed by atoms with Crippen LogP contribution in [0.15, 0.2) is 79.1 Å². The molecule has 33 heavy (non-hydrogen) atoms. The normalized spacial score (nSPS) is 10.7. The molecular formula is C26H26N4O3. The van der Waals surface area contributed by atoms with Crippen molar-refractivity contribution in [3.8, 4) is 22.8 Å². The minimum absolute atomic E-state index is 0.198. The summed E-state index contributed by atoms with van der Waals surface area (Å²) in [6.07, 6.45) is 3.47. The highest BCUT2D eigenvalue weighted by atomic mass is 16.5. The van der Waals surface area contributed by atoms with E-state index in [1.165, 1.54) is 0 Å². The zero-order chi connectivity index (χ0) is 23.0. The molecule has 0 bridgehead atoms. The molecule has 0 aliphatic carbocycles. The van der Waals surface area contributed by atoms with Gasteiger partial charge in [0.25, 0.3) is 5.91 Å². The Kier molecular flexibility index (Phi) is 7.12. The number of benzene rings is 2. The zero-order valence-corrected chi connectivity index (χ0v) is 18.7. The van der Waals surface area contributed by atoms with Gasteiger partial charge in [0.2, 0.25) is 5.88 Å². The number of nitrogens with zero attached hydrogens (tertiary/aromatic N) is 3. The molecule has 0 saturated carbocycles. The zero-order valence-electron chi connectivity index (χ0n) is 18.7. The van der Waals surface area contributed by atoms with Crippen molar-refractivity contribution in [1.82, 2.24) is 20.1 Å². The standard InChI is InChI=1S/C26H26N4O3/c1-19-8-6-7-11-22(19)25-23(18-30(29-25)21-9-4-3-5-10-21)26(31)28-17-20-12-13-24(27-16-20)33-15-14-32-2/h3-13,16,18H,14-15,17H2,1-2H3,(H,28,31). The van der Waals surface area contributed by atoms with Crippen LogP contribution in [0, 0.1) is 6.92 Å². The van der Waals surface area contributed by atoms with Gasteiger partial charge in [0, 0.05) is 37.7 Å². The van der Waals surface area contributed by atoms with Gasteiger partial charge in [0.1, 0.15) is 12.3 Å². The Balaban J connectivity index is 1.54. The fourth-order valence-electron chi connectivity index (χ4n) is 3.40. The molecule has 0 fully saturated rings. The van der Waals surface area contributed by atoms with Crippen molar-refractivity contribution < 1.29 is 14.3 Å². The minimum Gasteiger partial charge on any atom is -0.475 e. The van der Waals surface area contributed by atoms with E-state index in [-0.39, 0.29) is 5.91 Å². The molecule has 0 aliphatic heterocycles. The molecule has 0 spiro atoms. The lowest BCUT2D eigenvalue weighted by atomic mass is 10.0. The van der Waals surface area contributed by atoms with Crippen LogP contribution in [-0.4, -0.2) is 41.0 Å². The number of rotatable bonds is 9. The van der Waals surface area contributed by atoms with Crippen LogP contribution < -0.4 is 10.1 Å². The molecule has 1 N–H and O–H groups in total. The summed E-state index contributed by atoms with van der Waals surface area (Å²) in [5.74, 6) is 0.323. The van der Waals surface area contributed by atoms with Crippen LogP contribution in [0.3, 0.4) is 0 Å². The van der Waals surface area contributed by atoms with Crippen molar-refractivity contribution in [3.05, 3.63) is 95.8 Å². The van der Waals surface area contributed by atoms with Gasteiger partial charge in [0.05, 0.1) is 17.9 Å². The molecule has 1 amide bonds. The molecule has 2 aromatic carbocycles. The average Bonchev–Trinajstić information content (AvgIpc) is 3.30. The molecule has 2 aromatic heterocycles. The fraction of sp³-hybridized carbons (Fsp3) is 0.192. The highest BCUT2D eigenvalue weighted by Crippen LogP contribution is 2.26. The number of pyridine rings is 1. The van der Waals surface area contributed by atoms with Crippen LogP contribution in [0.2, 0.25) is 0 Å². The summed E-state index contributed by atoms with van der Waals surface area (Å²) in [5, 5.41) is 7.74. The quantitative estimate of drug-likeness (QED) is 0.393. The summed E-state index contributed by atoms with van der Waals surface area (Å²) in [6.45, 7) is 3.29. The molecule has 2 heterocycles. The van der Waals surface area contributed by atoms with Crippen LogP contribution in [0.4, 0.5) is 0 Å². The smallest absolute Gasteiger partial charge is 0.255 e. The van der Waals surface area contributed by atoms with Crippen molar-refractivity contribution >= 4 is 5.91 Å². The molecule has 7 heteroatoms. The SMILES string of the molecule is COCCOc1ccc(CNC(=O)c2cn(-c3ccccc3)nc2-c2ccccc2C)cn1. The molecule has 0 aliphatic rings. The van der Waals surface area contributed by atoms with E-state index in [0.29, 0.717) is 36.9 Å². The number of hydrogen-bond donors (Lipinski definition) is 1. The lowest BCUT2D eigenvalue weighted by molar-refractivity contribution is 0.0951. The van der Waals surface area contributed by atoms with Gasteiger partial charge in [-0.3, -0.25) is 4.79 Å². The second-order valence-corrected chi connectivity index (χ2v) is 7.52. The van der Waals surface area contributed by atoms with E-state index in [1.54, 1.807) is 30.3 Å². The van der Waals surface area contributed by atoms with E-state index in [9.17, 15) is 4.79 Å². The molecule has 7 nitrogen and oxygen atoms in total. The van der Waals surface area contributed by atoms with E-state index in [4.69, 9.17) is 14.6 Å². The number of carbonyl (C=O) groups excluding carboxylic acids is 1. The number of carbonyl (C=O) groups is 1. The summed E-state index contributed by atoms with van der Waals surface area (Å²) in [7, 11) is 1.62. The highest BCUT2D eigenvalue weighted by Gasteiger charge is 2.19. The van der Waals surface area contributed by atoms with E-state index in [2.05, 4.69) is 10.3 Å². The first-order valence-corrected chi connectivity index (χ1v) is 10.7. The number of aryl methyl sites for hydroxylation is 1. The number of amides is 1. The van der Waals surface area contributed by atoms with Crippen LogP contribution >= 0.6 is 0 Å². The number of aromatic nitrogens is 3. The van der Waals surface area contributed by atoms with Crippen molar-refractivity contribution in [3.63, 3.8) is 0 Å². The summed E-state index contributed by atoms with van der Waals surface area (Å²) >= 11 is 0. The average molecular weight is 443 g/mol. The summed E-state index contributed by atoms with van der Waals surface area (Å²) in [5.41, 5.74) is 4.90. The molecule has 168 valence electrons. The number of nitrogens with one attached hydrogen (secondary N) is 1. The summed E-state index contributed by atoms with van der Waals surface area (Å²) in [4.78, 5) is 17.5. The molecule has 0 unspecified atom stereocenters. The van der Waals surface area contributed by atoms with Gasteiger partial charge in [-0.2, -0.15) is 5.10 Å². The molecule has 0 saturated heterocycles. The molecule has 0 radical (unpaired) electrons. The van der Waals surface area contributed by atoms with Crippen LogP contribution in [-0.2, 0) is 11.3 Å². The van der Waals surface area contributed by atoms with Gasteiger partial charge in [-0.1, -0.05) is 48.5 Å². The number of hydrogen-bond acceptors (Lipinski definition) is 5. The molecular weight excluding hydrogens is 416 g/mol. The lowest BCUT2D eigenvalue weighted by Gasteiger charge is -2.08. The van der Waals surface area contributed by atoms with Crippen molar-refractivity contribution in [1.29, 1.82) is 0 Å². The fourth-order valence-corrected chi connectivity index (χ4v) is 3.40. The third-order valence-electron chi connectivity index (χ3n) is 5.17. The van der Waals surface area contributed by atoms with Gasteiger partial charge >= 0.3 is 0 Å². The van der Waals surface area contributed by atoms with Crippen LogP contribution in [0.5, 0.6) is 5.88 Å². The van der Waals surface area contributed by atoms with Gasteiger partial charge in [-0.15, -0.1) is 0 Å². The first-order chi connectivity index (χ1) is 16.2. The van der Waals surface area contributed by atoms with Gasteiger partial charge < -0.3 is 14.8 Å². The molecule has 0 atom stereocenters. The van der Waals surface area contributed by atoms with Gasteiger partial charge in [-0.25, -0.2) is 9.67 Å². The van der Waals surface area contributed by atoms with Gasteiger partial charge in [-0.05, 0) is 30.2 Å². The maximum absolute atomic E-state index is 13.2. The first-order valence-electron chi connectivity index (χ1n) is 10.7.